The van der Waals surface area contributed by atoms with Crippen molar-refractivity contribution in [2.75, 3.05) is 10.5 Å². The Morgan fingerprint density at radius 3 is 2.61 bits per heavy atom. The molecule has 0 saturated carbocycles. The van der Waals surface area contributed by atoms with Crippen LogP contribution in [0.3, 0.4) is 0 Å². The Kier molecular flexibility index (Phi) is 3.20. The molecule has 0 bridgehead atoms. The minimum atomic E-state index is -3.70. The molecule has 2 aromatic rings. The maximum Gasteiger partial charge on any atom is 0.265 e. The van der Waals surface area contributed by atoms with Crippen molar-refractivity contribution >= 4 is 21.5 Å². The molecule has 94 valence electrons. The summed E-state index contributed by atoms with van der Waals surface area (Å²) in [5.74, 6) is 0.276. The second-order valence-corrected chi connectivity index (χ2v) is 5.51. The van der Waals surface area contributed by atoms with E-state index in [9.17, 15) is 8.42 Å². The van der Waals surface area contributed by atoms with Gasteiger partial charge in [-0.25, -0.2) is 13.4 Å². The van der Waals surface area contributed by atoms with E-state index in [4.69, 9.17) is 5.73 Å². The first-order chi connectivity index (χ1) is 8.49. The fraction of sp³-hybridized carbons (Fsp3) is 0.0833. The van der Waals surface area contributed by atoms with Crippen LogP contribution in [0.1, 0.15) is 5.56 Å². The number of aryl methyl sites for hydroxylation is 1. The van der Waals surface area contributed by atoms with Gasteiger partial charge in [-0.1, -0.05) is 12.1 Å². The molecule has 3 N–H and O–H groups in total. The number of nitrogen functional groups attached to an aromatic ring is 1. The van der Waals surface area contributed by atoms with Gasteiger partial charge >= 0.3 is 0 Å². The van der Waals surface area contributed by atoms with Gasteiger partial charge in [0.05, 0.1) is 5.69 Å². The van der Waals surface area contributed by atoms with Crippen LogP contribution in [-0.4, -0.2) is 13.4 Å². The highest BCUT2D eigenvalue weighted by Crippen LogP contribution is 2.20. The number of anilines is 2. The first kappa shape index (κ1) is 12.4. The van der Waals surface area contributed by atoms with Gasteiger partial charge in [0.15, 0.2) is 0 Å². The number of pyridine rings is 1. The lowest BCUT2D eigenvalue weighted by molar-refractivity contribution is 0.601. The lowest BCUT2D eigenvalue weighted by atomic mass is 10.3. The molecule has 0 unspecified atom stereocenters. The zero-order valence-electron chi connectivity index (χ0n) is 9.79. The average Bonchev–Trinajstić information content (AvgIpc) is 2.28. The van der Waals surface area contributed by atoms with Gasteiger partial charge < -0.3 is 5.73 Å². The number of rotatable bonds is 3. The Hall–Kier alpha value is -2.08. The molecule has 0 saturated heterocycles. The lowest BCUT2D eigenvalue weighted by Crippen LogP contribution is -2.15. The van der Waals surface area contributed by atoms with Crippen LogP contribution in [0.2, 0.25) is 0 Å². The van der Waals surface area contributed by atoms with Crippen molar-refractivity contribution in [2.24, 2.45) is 0 Å². The SMILES string of the molecule is Cc1ccnc(NS(=O)(=O)c2ccccc2N)c1. The molecule has 0 fully saturated rings. The zero-order chi connectivity index (χ0) is 13.2. The fourth-order valence-electron chi connectivity index (χ4n) is 1.51. The molecule has 6 heteroatoms. The molecule has 0 amide bonds. The van der Waals surface area contributed by atoms with Crippen molar-refractivity contribution in [1.82, 2.24) is 4.98 Å². The lowest BCUT2D eigenvalue weighted by Gasteiger charge is -2.09. The summed E-state index contributed by atoms with van der Waals surface area (Å²) in [6, 6.07) is 9.73. The van der Waals surface area contributed by atoms with Crippen molar-refractivity contribution in [1.29, 1.82) is 0 Å². The molecule has 5 nitrogen and oxygen atoms in total. The smallest absolute Gasteiger partial charge is 0.265 e. The van der Waals surface area contributed by atoms with Gasteiger partial charge in [-0.05, 0) is 36.8 Å². The van der Waals surface area contributed by atoms with Gasteiger partial charge in [0, 0.05) is 6.20 Å². The van der Waals surface area contributed by atoms with Crippen LogP contribution >= 0.6 is 0 Å². The number of benzene rings is 1. The van der Waals surface area contributed by atoms with Gasteiger partial charge in [-0.2, -0.15) is 0 Å². The van der Waals surface area contributed by atoms with Gasteiger partial charge in [0.1, 0.15) is 10.7 Å². The minimum absolute atomic E-state index is 0.0494. The number of aromatic nitrogens is 1. The van der Waals surface area contributed by atoms with Crippen molar-refractivity contribution in [2.45, 2.75) is 11.8 Å². The van der Waals surface area contributed by atoms with E-state index in [1.54, 1.807) is 30.5 Å². The Morgan fingerprint density at radius 1 is 1.22 bits per heavy atom. The summed E-state index contributed by atoms with van der Waals surface area (Å²) >= 11 is 0. The fourth-order valence-corrected chi connectivity index (χ4v) is 2.64. The third-order valence-electron chi connectivity index (χ3n) is 2.36. The number of sulfonamides is 1. The number of para-hydroxylation sites is 1. The topological polar surface area (TPSA) is 85.1 Å². The van der Waals surface area contributed by atoms with Crippen LogP contribution in [0, 0.1) is 6.92 Å². The van der Waals surface area contributed by atoms with Crippen LogP contribution in [0.25, 0.3) is 0 Å². The van der Waals surface area contributed by atoms with E-state index in [0.29, 0.717) is 0 Å². The Morgan fingerprint density at radius 2 is 1.94 bits per heavy atom. The second-order valence-electron chi connectivity index (χ2n) is 3.86. The first-order valence-electron chi connectivity index (χ1n) is 5.29. The van der Waals surface area contributed by atoms with Gasteiger partial charge in [0.2, 0.25) is 0 Å². The van der Waals surface area contributed by atoms with Crippen molar-refractivity contribution in [3.63, 3.8) is 0 Å². The van der Waals surface area contributed by atoms with E-state index >= 15 is 0 Å². The molecule has 0 aliphatic heterocycles. The molecule has 1 heterocycles. The monoisotopic (exact) mass is 263 g/mol. The highest BCUT2D eigenvalue weighted by Gasteiger charge is 2.17. The molecular weight excluding hydrogens is 250 g/mol. The van der Waals surface area contributed by atoms with Crippen LogP contribution in [-0.2, 0) is 10.0 Å². The molecule has 1 aromatic carbocycles. The van der Waals surface area contributed by atoms with Gasteiger partial charge in [0.25, 0.3) is 10.0 Å². The Labute approximate surface area is 106 Å². The maximum atomic E-state index is 12.1. The number of nitrogens with zero attached hydrogens (tertiary/aromatic N) is 1. The molecule has 0 aliphatic rings. The summed E-state index contributed by atoms with van der Waals surface area (Å²) in [7, 11) is -3.70. The van der Waals surface area contributed by atoms with Crippen molar-refractivity contribution in [3.8, 4) is 0 Å². The van der Waals surface area contributed by atoms with Crippen LogP contribution in [0.4, 0.5) is 11.5 Å². The van der Waals surface area contributed by atoms with Gasteiger partial charge in [-0.3, -0.25) is 4.72 Å². The minimum Gasteiger partial charge on any atom is -0.398 e. The molecule has 0 atom stereocenters. The Bertz CT molecular complexity index is 669. The quantitative estimate of drug-likeness (QED) is 0.826. The highest BCUT2D eigenvalue weighted by atomic mass is 32.2. The van der Waals surface area contributed by atoms with E-state index in [1.165, 1.54) is 12.1 Å². The van der Waals surface area contributed by atoms with Crippen LogP contribution < -0.4 is 10.5 Å². The van der Waals surface area contributed by atoms with Gasteiger partial charge in [-0.15, -0.1) is 0 Å². The third-order valence-corrected chi connectivity index (χ3v) is 3.79. The van der Waals surface area contributed by atoms with Crippen LogP contribution in [0.15, 0.2) is 47.5 Å². The van der Waals surface area contributed by atoms with E-state index in [2.05, 4.69) is 9.71 Å². The molecule has 0 radical (unpaired) electrons. The maximum absolute atomic E-state index is 12.1. The van der Waals surface area contributed by atoms with E-state index < -0.39 is 10.0 Å². The third kappa shape index (κ3) is 2.60. The predicted molar refractivity (Wildman–Crippen MR) is 70.6 cm³/mol. The molecule has 0 spiro atoms. The van der Waals surface area contributed by atoms with E-state index in [0.717, 1.165) is 5.56 Å². The summed E-state index contributed by atoms with van der Waals surface area (Å²) in [5.41, 5.74) is 6.78. The first-order valence-corrected chi connectivity index (χ1v) is 6.77. The van der Waals surface area contributed by atoms with Crippen molar-refractivity contribution in [3.05, 3.63) is 48.2 Å². The average molecular weight is 263 g/mol. The molecule has 0 aliphatic carbocycles. The molecule has 2 rings (SSSR count). The Balaban J connectivity index is 2.37. The summed E-state index contributed by atoms with van der Waals surface area (Å²) < 4.78 is 26.6. The highest BCUT2D eigenvalue weighted by molar-refractivity contribution is 7.92. The molecular formula is C12H13N3O2S. The normalized spacial score (nSPS) is 11.2. The summed E-state index contributed by atoms with van der Waals surface area (Å²) in [6.45, 7) is 1.86. The standard InChI is InChI=1S/C12H13N3O2S/c1-9-6-7-14-12(8-9)15-18(16,17)11-5-3-2-4-10(11)13/h2-8H,13H2,1H3,(H,14,15). The number of nitrogens with one attached hydrogen (secondary N) is 1. The number of hydrogen-bond acceptors (Lipinski definition) is 4. The van der Waals surface area contributed by atoms with Crippen LogP contribution in [0.5, 0.6) is 0 Å². The second kappa shape index (κ2) is 4.66. The molecule has 1 aromatic heterocycles. The number of hydrogen-bond donors (Lipinski definition) is 2. The van der Waals surface area contributed by atoms with E-state index in [1.807, 2.05) is 6.92 Å². The number of nitrogens with two attached hydrogens (primary N) is 1. The summed E-state index contributed by atoms with van der Waals surface area (Å²) in [6.07, 6.45) is 1.54. The molecule has 18 heavy (non-hydrogen) atoms. The summed E-state index contributed by atoms with van der Waals surface area (Å²) in [4.78, 5) is 4.00. The zero-order valence-corrected chi connectivity index (χ0v) is 10.6. The van der Waals surface area contributed by atoms with Crippen molar-refractivity contribution < 1.29 is 8.42 Å². The van der Waals surface area contributed by atoms with E-state index in [-0.39, 0.29) is 16.4 Å². The summed E-state index contributed by atoms with van der Waals surface area (Å²) in [5, 5.41) is 0. The predicted octanol–water partition coefficient (Wildman–Crippen LogP) is 1.77. The largest absolute Gasteiger partial charge is 0.398 e.